The zero-order valence-electron chi connectivity index (χ0n) is 8.86. The molecular weight excluding hydrogens is 216 g/mol. The Balaban J connectivity index is 2.07. The third kappa shape index (κ3) is 1.64. The van der Waals surface area contributed by atoms with E-state index in [4.69, 9.17) is 14.2 Å². The summed E-state index contributed by atoms with van der Waals surface area (Å²) in [5.41, 5.74) is -1.24. The van der Waals surface area contributed by atoms with E-state index in [0.717, 1.165) is 0 Å². The smallest absolute Gasteiger partial charge is 0.351 e. The van der Waals surface area contributed by atoms with E-state index >= 15 is 0 Å². The maximum absolute atomic E-state index is 11.6. The van der Waals surface area contributed by atoms with Gasteiger partial charge in [0.2, 0.25) is 11.7 Å². The first-order valence-corrected chi connectivity index (χ1v) is 5.17. The fourth-order valence-electron chi connectivity index (χ4n) is 1.94. The predicted octanol–water partition coefficient (Wildman–Crippen LogP) is -0.0592. The van der Waals surface area contributed by atoms with Gasteiger partial charge in [-0.15, -0.1) is 0 Å². The number of rotatable bonds is 2. The SMILES string of the molecule is CCOC(=O)[C@@H]1C[C@]2(CCC(=O)O2)C(=O)O1. The number of esters is 3. The fraction of sp³-hybridized carbons (Fsp3) is 0.700. The van der Waals surface area contributed by atoms with Crippen LogP contribution in [-0.4, -0.2) is 36.2 Å². The van der Waals surface area contributed by atoms with Gasteiger partial charge in [0.05, 0.1) is 6.61 Å². The molecule has 0 unspecified atom stereocenters. The van der Waals surface area contributed by atoms with E-state index in [1.54, 1.807) is 6.92 Å². The highest BCUT2D eigenvalue weighted by atomic mass is 16.6. The van der Waals surface area contributed by atoms with Gasteiger partial charge in [0.15, 0.2) is 0 Å². The van der Waals surface area contributed by atoms with Crippen LogP contribution in [0.25, 0.3) is 0 Å². The number of ether oxygens (including phenoxy) is 3. The van der Waals surface area contributed by atoms with Crippen molar-refractivity contribution in [1.29, 1.82) is 0 Å². The van der Waals surface area contributed by atoms with Crippen LogP contribution in [0.15, 0.2) is 0 Å². The highest BCUT2D eigenvalue weighted by Crippen LogP contribution is 2.38. The highest BCUT2D eigenvalue weighted by molar-refractivity contribution is 5.92. The zero-order valence-corrected chi connectivity index (χ0v) is 8.86. The lowest BCUT2D eigenvalue weighted by Gasteiger charge is -2.15. The lowest BCUT2D eigenvalue weighted by atomic mass is 9.96. The van der Waals surface area contributed by atoms with Gasteiger partial charge in [-0.05, 0) is 6.92 Å². The molecule has 88 valence electrons. The van der Waals surface area contributed by atoms with E-state index in [1.165, 1.54) is 0 Å². The van der Waals surface area contributed by atoms with Crippen LogP contribution >= 0.6 is 0 Å². The maximum Gasteiger partial charge on any atom is 0.351 e. The second-order valence-corrected chi connectivity index (χ2v) is 3.82. The molecule has 2 aliphatic rings. The predicted molar refractivity (Wildman–Crippen MR) is 49.2 cm³/mol. The number of carbonyl (C=O) groups is 3. The Labute approximate surface area is 91.8 Å². The van der Waals surface area contributed by atoms with Gasteiger partial charge in [0.25, 0.3) is 0 Å². The minimum atomic E-state index is -1.24. The van der Waals surface area contributed by atoms with Gasteiger partial charge in [-0.3, -0.25) is 4.79 Å². The van der Waals surface area contributed by atoms with E-state index in [-0.39, 0.29) is 25.9 Å². The van der Waals surface area contributed by atoms with Crippen LogP contribution in [0.4, 0.5) is 0 Å². The molecule has 0 saturated carbocycles. The van der Waals surface area contributed by atoms with E-state index in [1.807, 2.05) is 0 Å². The molecule has 2 rings (SSSR count). The van der Waals surface area contributed by atoms with Crippen LogP contribution in [0, 0.1) is 0 Å². The first-order chi connectivity index (χ1) is 7.57. The summed E-state index contributed by atoms with van der Waals surface area (Å²) in [7, 11) is 0. The third-order valence-corrected chi connectivity index (χ3v) is 2.73. The molecule has 0 N–H and O–H groups in total. The van der Waals surface area contributed by atoms with E-state index < -0.39 is 29.6 Å². The molecule has 2 atom stereocenters. The molecule has 1 spiro atoms. The Morgan fingerprint density at radius 3 is 2.88 bits per heavy atom. The molecule has 0 aromatic carbocycles. The monoisotopic (exact) mass is 228 g/mol. The molecule has 0 aliphatic carbocycles. The van der Waals surface area contributed by atoms with Gasteiger partial charge >= 0.3 is 17.9 Å². The van der Waals surface area contributed by atoms with Gasteiger partial charge in [0, 0.05) is 19.3 Å². The van der Waals surface area contributed by atoms with Crippen molar-refractivity contribution in [2.45, 2.75) is 37.9 Å². The fourth-order valence-corrected chi connectivity index (χ4v) is 1.94. The van der Waals surface area contributed by atoms with Gasteiger partial charge in [-0.1, -0.05) is 0 Å². The van der Waals surface area contributed by atoms with Crippen molar-refractivity contribution in [2.75, 3.05) is 6.61 Å². The first-order valence-electron chi connectivity index (χ1n) is 5.17. The largest absolute Gasteiger partial charge is 0.463 e. The van der Waals surface area contributed by atoms with Crippen LogP contribution in [0.1, 0.15) is 26.2 Å². The summed E-state index contributed by atoms with van der Waals surface area (Å²) in [4.78, 5) is 33.9. The maximum atomic E-state index is 11.6. The standard InChI is InChI=1S/C10H12O6/c1-2-14-8(12)6-5-10(9(13)15-6)4-3-7(11)16-10/h6H,2-5H2,1H3/t6-,10+/m0/s1. The summed E-state index contributed by atoms with van der Waals surface area (Å²) in [5.74, 6) is -1.66. The molecule has 0 amide bonds. The topological polar surface area (TPSA) is 78.9 Å². The van der Waals surface area contributed by atoms with Gasteiger partial charge in [-0.25, -0.2) is 9.59 Å². The Morgan fingerprint density at radius 1 is 1.56 bits per heavy atom. The summed E-state index contributed by atoms with van der Waals surface area (Å²) in [6.07, 6.45) is -0.417. The van der Waals surface area contributed by atoms with Crippen molar-refractivity contribution in [3.8, 4) is 0 Å². The minimum Gasteiger partial charge on any atom is -0.463 e. The Morgan fingerprint density at radius 2 is 2.31 bits per heavy atom. The molecule has 0 bridgehead atoms. The molecule has 0 aromatic rings. The van der Waals surface area contributed by atoms with Crippen LogP contribution in [0.2, 0.25) is 0 Å². The lowest BCUT2D eigenvalue weighted by molar-refractivity contribution is -0.167. The second kappa shape index (κ2) is 3.77. The second-order valence-electron chi connectivity index (χ2n) is 3.82. The lowest BCUT2D eigenvalue weighted by Crippen LogP contribution is -2.34. The van der Waals surface area contributed by atoms with Gasteiger partial charge < -0.3 is 14.2 Å². The van der Waals surface area contributed by atoms with Crippen LogP contribution in [0.5, 0.6) is 0 Å². The van der Waals surface area contributed by atoms with Crippen molar-refractivity contribution in [3.63, 3.8) is 0 Å². The van der Waals surface area contributed by atoms with Gasteiger partial charge in [0.1, 0.15) is 0 Å². The minimum absolute atomic E-state index is 0.0659. The average Bonchev–Trinajstić information content (AvgIpc) is 2.74. The molecule has 2 aliphatic heterocycles. The summed E-state index contributed by atoms with van der Waals surface area (Å²) < 4.78 is 14.6. The molecule has 2 fully saturated rings. The Kier molecular flexibility index (Phi) is 2.57. The number of hydrogen-bond acceptors (Lipinski definition) is 6. The van der Waals surface area contributed by atoms with Crippen molar-refractivity contribution in [2.24, 2.45) is 0 Å². The Bertz CT molecular complexity index is 349. The third-order valence-electron chi connectivity index (χ3n) is 2.73. The molecule has 2 saturated heterocycles. The van der Waals surface area contributed by atoms with E-state index in [2.05, 4.69) is 0 Å². The molecular formula is C10H12O6. The summed E-state index contributed by atoms with van der Waals surface area (Å²) in [5, 5.41) is 0. The molecule has 2 heterocycles. The van der Waals surface area contributed by atoms with E-state index in [9.17, 15) is 14.4 Å². The zero-order chi connectivity index (χ0) is 11.8. The molecule has 16 heavy (non-hydrogen) atoms. The molecule has 0 radical (unpaired) electrons. The Hall–Kier alpha value is -1.59. The number of carbonyl (C=O) groups excluding carboxylic acids is 3. The van der Waals surface area contributed by atoms with Crippen molar-refractivity contribution in [1.82, 2.24) is 0 Å². The van der Waals surface area contributed by atoms with Crippen LogP contribution in [-0.2, 0) is 28.6 Å². The van der Waals surface area contributed by atoms with Crippen molar-refractivity contribution in [3.05, 3.63) is 0 Å². The summed E-state index contributed by atoms with van der Waals surface area (Å²) in [6.45, 7) is 1.89. The number of hydrogen-bond donors (Lipinski definition) is 0. The van der Waals surface area contributed by atoms with Crippen LogP contribution in [0.3, 0.4) is 0 Å². The summed E-state index contributed by atoms with van der Waals surface area (Å²) in [6, 6.07) is 0. The van der Waals surface area contributed by atoms with Gasteiger partial charge in [-0.2, -0.15) is 0 Å². The first kappa shape index (κ1) is 10.9. The van der Waals surface area contributed by atoms with E-state index in [0.29, 0.717) is 0 Å². The quantitative estimate of drug-likeness (QED) is 0.486. The molecule has 6 heteroatoms. The normalized spacial score (nSPS) is 32.7. The molecule has 6 nitrogen and oxygen atoms in total. The number of cyclic esters (lactones) is 1. The summed E-state index contributed by atoms with van der Waals surface area (Å²) >= 11 is 0. The molecule has 0 aromatic heterocycles. The van der Waals surface area contributed by atoms with Crippen molar-refractivity contribution < 1.29 is 28.6 Å². The van der Waals surface area contributed by atoms with Crippen molar-refractivity contribution >= 4 is 17.9 Å². The highest BCUT2D eigenvalue weighted by Gasteiger charge is 2.57. The average molecular weight is 228 g/mol. The van der Waals surface area contributed by atoms with Crippen LogP contribution < -0.4 is 0 Å².